The largest absolute Gasteiger partial charge is 0.353 e. The predicted octanol–water partition coefficient (Wildman–Crippen LogP) is 3.16. The van der Waals surface area contributed by atoms with Gasteiger partial charge in [0.05, 0.1) is 0 Å². The highest BCUT2D eigenvalue weighted by Gasteiger charge is 2.52. The maximum Gasteiger partial charge on any atom is 0.243 e. The van der Waals surface area contributed by atoms with Gasteiger partial charge in [-0.3, -0.25) is 9.59 Å². The lowest BCUT2D eigenvalue weighted by Gasteiger charge is -2.57. The molecule has 1 aliphatic heterocycles. The molecule has 1 N–H and O–H groups in total. The van der Waals surface area contributed by atoms with Crippen molar-refractivity contribution in [3.05, 3.63) is 35.9 Å². The zero-order valence-corrected chi connectivity index (χ0v) is 16.0. The maximum atomic E-state index is 13.4. The number of rotatable bonds is 4. The summed E-state index contributed by atoms with van der Waals surface area (Å²) < 4.78 is 0. The van der Waals surface area contributed by atoms with E-state index in [0.29, 0.717) is 25.9 Å². The fourth-order valence-electron chi connectivity index (χ4n) is 6.98. The van der Waals surface area contributed by atoms with Crippen LogP contribution in [-0.4, -0.2) is 35.8 Å². The van der Waals surface area contributed by atoms with E-state index < -0.39 is 0 Å². The summed E-state index contributed by atoms with van der Waals surface area (Å²) in [4.78, 5) is 27.8. The molecule has 1 aromatic carbocycles. The molecular formula is C23H30N2O2. The van der Waals surface area contributed by atoms with Crippen molar-refractivity contribution in [1.82, 2.24) is 10.2 Å². The maximum absolute atomic E-state index is 13.4. The fourth-order valence-corrected chi connectivity index (χ4v) is 6.98. The molecule has 0 radical (unpaired) electrons. The van der Waals surface area contributed by atoms with E-state index >= 15 is 0 Å². The molecular weight excluding hydrogens is 336 g/mol. The van der Waals surface area contributed by atoms with Crippen LogP contribution in [0.4, 0.5) is 0 Å². The first-order valence-electron chi connectivity index (χ1n) is 10.7. The van der Waals surface area contributed by atoms with Gasteiger partial charge in [0.15, 0.2) is 0 Å². The highest BCUT2D eigenvalue weighted by molar-refractivity contribution is 5.89. The Labute approximate surface area is 161 Å². The first kappa shape index (κ1) is 17.3. The summed E-state index contributed by atoms with van der Waals surface area (Å²) in [6.07, 6.45) is 9.20. The third-order valence-corrected chi connectivity index (χ3v) is 7.61. The number of nitrogens with one attached hydrogen (secondary N) is 1. The summed E-state index contributed by atoms with van der Waals surface area (Å²) >= 11 is 0. The van der Waals surface area contributed by atoms with Gasteiger partial charge in [-0.2, -0.15) is 0 Å². The number of amides is 2. The average molecular weight is 367 g/mol. The molecule has 4 aliphatic carbocycles. The number of hydrogen-bond acceptors (Lipinski definition) is 2. The van der Waals surface area contributed by atoms with Crippen molar-refractivity contribution < 1.29 is 9.59 Å². The number of piperazine rings is 1. The Balaban J connectivity index is 1.32. The molecule has 0 aromatic heterocycles. The average Bonchev–Trinajstić information content (AvgIpc) is 2.62. The molecule has 0 spiro atoms. The van der Waals surface area contributed by atoms with Crippen LogP contribution in [0.3, 0.4) is 0 Å². The zero-order valence-electron chi connectivity index (χ0n) is 16.0. The summed E-state index contributed by atoms with van der Waals surface area (Å²) in [6, 6.07) is 9.71. The molecule has 4 nitrogen and oxygen atoms in total. The minimum absolute atomic E-state index is 0.00367. The van der Waals surface area contributed by atoms with Gasteiger partial charge in [-0.1, -0.05) is 30.3 Å². The molecule has 1 atom stereocenters. The van der Waals surface area contributed by atoms with Crippen molar-refractivity contribution in [2.24, 2.45) is 23.2 Å². The molecule has 5 fully saturated rings. The number of carbonyl (C=O) groups is 2. The molecule has 4 heteroatoms. The first-order valence-corrected chi connectivity index (χ1v) is 10.7. The predicted molar refractivity (Wildman–Crippen MR) is 104 cm³/mol. The summed E-state index contributed by atoms with van der Waals surface area (Å²) in [6.45, 7) is 1.23. The summed E-state index contributed by atoms with van der Waals surface area (Å²) in [5.41, 5.74) is 1.35. The van der Waals surface area contributed by atoms with Crippen LogP contribution in [0.15, 0.2) is 30.3 Å². The third kappa shape index (κ3) is 3.28. The van der Waals surface area contributed by atoms with Gasteiger partial charge < -0.3 is 10.2 Å². The second kappa shape index (κ2) is 6.65. The summed E-state index contributed by atoms with van der Waals surface area (Å²) in [5, 5.41) is 2.96. The van der Waals surface area contributed by atoms with Gasteiger partial charge in [0, 0.05) is 25.9 Å². The van der Waals surface area contributed by atoms with Crippen molar-refractivity contribution in [2.75, 3.05) is 13.1 Å². The topological polar surface area (TPSA) is 49.4 Å². The molecule has 1 heterocycles. The van der Waals surface area contributed by atoms with Crippen LogP contribution in [-0.2, 0) is 16.0 Å². The van der Waals surface area contributed by atoms with E-state index in [0.717, 1.165) is 23.3 Å². The Kier molecular flexibility index (Phi) is 4.25. The van der Waals surface area contributed by atoms with Gasteiger partial charge in [0.25, 0.3) is 0 Å². The van der Waals surface area contributed by atoms with Crippen LogP contribution < -0.4 is 5.32 Å². The Morgan fingerprint density at radius 2 is 1.67 bits per heavy atom. The van der Waals surface area contributed by atoms with Gasteiger partial charge in [0.2, 0.25) is 11.8 Å². The quantitative estimate of drug-likeness (QED) is 0.890. The Hall–Kier alpha value is -1.84. The molecule has 1 unspecified atom stereocenters. The molecule has 27 heavy (non-hydrogen) atoms. The smallest absolute Gasteiger partial charge is 0.243 e. The molecule has 4 bridgehead atoms. The second-order valence-electron chi connectivity index (χ2n) is 9.68. The molecule has 4 saturated carbocycles. The highest BCUT2D eigenvalue weighted by atomic mass is 16.2. The fraction of sp³-hybridized carbons (Fsp3) is 0.652. The van der Waals surface area contributed by atoms with Crippen molar-refractivity contribution in [3.63, 3.8) is 0 Å². The van der Waals surface area contributed by atoms with Crippen LogP contribution in [0.1, 0.15) is 50.5 Å². The van der Waals surface area contributed by atoms with Gasteiger partial charge in [-0.25, -0.2) is 0 Å². The standard InChI is InChI=1S/C23H30N2O2/c26-21(15-23-12-17-8-18(13-23)10-19(9-17)14-23)25-7-6-24-22(27)20(25)11-16-4-2-1-3-5-16/h1-5,17-20H,6-15H2,(H,24,27). The highest BCUT2D eigenvalue weighted by Crippen LogP contribution is 2.61. The van der Waals surface area contributed by atoms with Gasteiger partial charge >= 0.3 is 0 Å². The summed E-state index contributed by atoms with van der Waals surface area (Å²) in [5.74, 6) is 2.79. The lowest BCUT2D eigenvalue weighted by Crippen LogP contribution is -2.59. The second-order valence-corrected chi connectivity index (χ2v) is 9.68. The van der Waals surface area contributed by atoms with Crippen molar-refractivity contribution >= 4 is 11.8 Å². The summed E-state index contributed by atoms with van der Waals surface area (Å²) in [7, 11) is 0. The van der Waals surface area contributed by atoms with E-state index in [1.54, 1.807) is 0 Å². The molecule has 6 rings (SSSR count). The minimum Gasteiger partial charge on any atom is -0.353 e. The van der Waals surface area contributed by atoms with Crippen molar-refractivity contribution in [1.29, 1.82) is 0 Å². The number of nitrogens with zero attached hydrogens (tertiary/aromatic N) is 1. The van der Waals surface area contributed by atoms with E-state index in [-0.39, 0.29) is 23.3 Å². The third-order valence-electron chi connectivity index (χ3n) is 7.61. The SMILES string of the molecule is O=C1NCCN(C(=O)CC23CC4CC(CC(C4)C2)C3)C1Cc1ccccc1. The molecule has 2 amide bonds. The van der Waals surface area contributed by atoms with Crippen LogP contribution in [0.25, 0.3) is 0 Å². The van der Waals surface area contributed by atoms with E-state index in [1.807, 2.05) is 35.2 Å². The molecule has 1 saturated heterocycles. The van der Waals surface area contributed by atoms with Crippen LogP contribution >= 0.6 is 0 Å². The normalized spacial score (nSPS) is 37.3. The van der Waals surface area contributed by atoms with Crippen molar-refractivity contribution in [3.8, 4) is 0 Å². The van der Waals surface area contributed by atoms with E-state index in [4.69, 9.17) is 0 Å². The Morgan fingerprint density at radius 3 is 2.30 bits per heavy atom. The molecule has 1 aromatic rings. The van der Waals surface area contributed by atoms with E-state index in [9.17, 15) is 9.59 Å². The Morgan fingerprint density at radius 1 is 1.04 bits per heavy atom. The first-order chi connectivity index (χ1) is 13.1. The lowest BCUT2D eigenvalue weighted by atomic mass is 9.49. The number of carbonyl (C=O) groups excluding carboxylic acids is 2. The van der Waals surface area contributed by atoms with Crippen molar-refractivity contribution in [2.45, 2.75) is 57.4 Å². The minimum atomic E-state index is -0.359. The van der Waals surface area contributed by atoms with Crippen LogP contribution in [0.2, 0.25) is 0 Å². The van der Waals surface area contributed by atoms with Gasteiger partial charge in [0.1, 0.15) is 6.04 Å². The Bertz CT molecular complexity index is 694. The molecule has 144 valence electrons. The van der Waals surface area contributed by atoms with E-state index in [2.05, 4.69) is 5.32 Å². The van der Waals surface area contributed by atoms with Gasteiger partial charge in [-0.05, 0) is 67.3 Å². The number of hydrogen-bond donors (Lipinski definition) is 1. The van der Waals surface area contributed by atoms with E-state index in [1.165, 1.54) is 38.5 Å². The van der Waals surface area contributed by atoms with Gasteiger partial charge in [-0.15, -0.1) is 0 Å². The monoisotopic (exact) mass is 366 g/mol. The number of benzene rings is 1. The zero-order chi connectivity index (χ0) is 18.4. The molecule has 5 aliphatic rings. The van der Waals surface area contributed by atoms with Crippen LogP contribution in [0, 0.1) is 23.2 Å². The lowest BCUT2D eigenvalue weighted by molar-refractivity contribution is -0.148. The van der Waals surface area contributed by atoms with Crippen LogP contribution in [0.5, 0.6) is 0 Å².